The topological polar surface area (TPSA) is 88.3 Å². The maximum absolute atomic E-state index is 11.4. The number of aryl methyl sites for hydroxylation is 2. The maximum atomic E-state index is 11.4. The van der Waals surface area contributed by atoms with Crippen LogP contribution in [-0.2, 0) is 6.61 Å². The van der Waals surface area contributed by atoms with E-state index in [2.05, 4.69) is 30.9 Å². The number of H-pyrrole nitrogens is 1. The van der Waals surface area contributed by atoms with E-state index in [0.717, 1.165) is 33.7 Å². The van der Waals surface area contributed by atoms with Crippen LogP contribution >= 0.6 is 23.2 Å². The van der Waals surface area contributed by atoms with Gasteiger partial charge in [-0.15, -0.1) is 0 Å². The lowest BCUT2D eigenvalue weighted by molar-refractivity contribution is 0.0699. The lowest BCUT2D eigenvalue weighted by Gasteiger charge is -2.12. The van der Waals surface area contributed by atoms with E-state index in [1.807, 2.05) is 64.1 Å². The molecular formula is C33H36Cl2N2O4. The minimum atomic E-state index is -0.954. The molecule has 5 rings (SSSR count). The Morgan fingerprint density at radius 1 is 1.02 bits per heavy atom. The molecule has 0 aliphatic carbocycles. The average molecular weight is 596 g/mol. The van der Waals surface area contributed by atoms with Crippen molar-refractivity contribution in [2.75, 3.05) is 0 Å². The van der Waals surface area contributed by atoms with E-state index < -0.39 is 5.97 Å². The van der Waals surface area contributed by atoms with Gasteiger partial charge < -0.3 is 19.4 Å². The molecule has 0 saturated heterocycles. The summed E-state index contributed by atoms with van der Waals surface area (Å²) in [6.07, 6.45) is 1.51. The number of aromatic amines is 1. The number of benzene rings is 3. The molecule has 0 fully saturated rings. The number of hydrogen-bond acceptors (Lipinski definition) is 4. The number of aromatic carboxylic acids is 1. The normalized spacial score (nSPS) is 10.6. The molecular weight excluding hydrogens is 559 g/mol. The molecule has 41 heavy (non-hydrogen) atoms. The summed E-state index contributed by atoms with van der Waals surface area (Å²) in [6, 6.07) is 16.8. The van der Waals surface area contributed by atoms with Crippen LogP contribution in [0.5, 0.6) is 5.75 Å². The Kier molecular flexibility index (Phi) is 11.0. The van der Waals surface area contributed by atoms with Crippen molar-refractivity contribution in [1.29, 1.82) is 0 Å². The second-order valence-corrected chi connectivity index (χ2v) is 10.7. The fourth-order valence-electron chi connectivity index (χ4n) is 4.16. The summed E-state index contributed by atoms with van der Waals surface area (Å²) in [6.45, 7) is 14.6. The van der Waals surface area contributed by atoms with Gasteiger partial charge in [0.05, 0.1) is 21.2 Å². The van der Waals surface area contributed by atoms with Crippen LogP contribution in [0.3, 0.4) is 0 Å². The standard InChI is InChI=1S/C27H20Cl2N2O4.C4H10.C2H6/c1-14-10-17(7-9-18(14)16-6-8-19-20(27(32)33)12-30-24(19)11-16)34-13-21-15(2)35-31-26(21)25-22(28)4-3-5-23(25)29;1-4(2)3;1-2/h3-12,30H,13H2,1-2H3,(H,32,33);4H,1-3H3;1-2H3. The largest absolute Gasteiger partial charge is 0.489 e. The zero-order valence-electron chi connectivity index (χ0n) is 24.4. The summed E-state index contributed by atoms with van der Waals surface area (Å²) in [4.78, 5) is 14.4. The fourth-order valence-corrected chi connectivity index (χ4v) is 4.73. The molecule has 216 valence electrons. The lowest BCUT2D eigenvalue weighted by atomic mass is 9.99. The van der Waals surface area contributed by atoms with Crippen LogP contribution in [0.15, 0.2) is 65.3 Å². The number of nitrogens with one attached hydrogen (secondary N) is 1. The number of fused-ring (bicyclic) bond motifs is 1. The highest BCUT2D eigenvalue weighted by Crippen LogP contribution is 2.37. The minimum Gasteiger partial charge on any atom is -0.489 e. The highest BCUT2D eigenvalue weighted by atomic mass is 35.5. The molecule has 0 unspecified atom stereocenters. The van der Waals surface area contributed by atoms with E-state index in [1.54, 1.807) is 18.2 Å². The Bertz CT molecular complexity index is 1610. The van der Waals surface area contributed by atoms with Gasteiger partial charge in [-0.05, 0) is 66.8 Å². The fraction of sp³-hybridized carbons (Fsp3) is 0.273. The Labute approximate surface area is 251 Å². The van der Waals surface area contributed by atoms with E-state index in [9.17, 15) is 9.90 Å². The van der Waals surface area contributed by atoms with Crippen molar-refractivity contribution in [2.45, 2.75) is 55.1 Å². The first kappa shape index (κ1) is 31.8. The van der Waals surface area contributed by atoms with E-state index in [-0.39, 0.29) is 12.2 Å². The van der Waals surface area contributed by atoms with E-state index in [1.165, 1.54) is 6.20 Å². The number of halogens is 2. The van der Waals surface area contributed by atoms with Crippen molar-refractivity contribution in [3.63, 3.8) is 0 Å². The van der Waals surface area contributed by atoms with Crippen LogP contribution in [0.4, 0.5) is 0 Å². The van der Waals surface area contributed by atoms with Gasteiger partial charge in [-0.3, -0.25) is 0 Å². The zero-order valence-corrected chi connectivity index (χ0v) is 25.9. The molecule has 0 atom stereocenters. The quantitative estimate of drug-likeness (QED) is 0.204. The molecule has 2 N–H and O–H groups in total. The molecule has 0 aliphatic heterocycles. The first-order valence-corrected chi connectivity index (χ1v) is 14.3. The zero-order chi connectivity index (χ0) is 30.3. The summed E-state index contributed by atoms with van der Waals surface area (Å²) >= 11 is 12.7. The third-order valence-corrected chi connectivity index (χ3v) is 6.62. The average Bonchev–Trinajstić information content (AvgIpc) is 3.51. The van der Waals surface area contributed by atoms with Crippen LogP contribution in [-0.4, -0.2) is 21.2 Å². The second kappa shape index (κ2) is 14.2. The molecule has 8 heteroatoms. The van der Waals surface area contributed by atoms with Gasteiger partial charge in [0.1, 0.15) is 23.8 Å². The third-order valence-electron chi connectivity index (χ3n) is 5.99. The van der Waals surface area contributed by atoms with E-state index in [0.29, 0.717) is 38.2 Å². The molecule has 0 saturated carbocycles. The molecule has 0 spiro atoms. The van der Waals surface area contributed by atoms with Crippen LogP contribution in [0.2, 0.25) is 10.0 Å². The molecule has 2 aromatic heterocycles. The monoisotopic (exact) mass is 594 g/mol. The maximum Gasteiger partial charge on any atom is 0.337 e. The number of aromatic nitrogens is 2. The number of hydrogen-bond donors (Lipinski definition) is 2. The summed E-state index contributed by atoms with van der Waals surface area (Å²) in [7, 11) is 0. The molecule has 6 nitrogen and oxygen atoms in total. The van der Waals surface area contributed by atoms with Gasteiger partial charge in [-0.1, -0.05) is 87.2 Å². The van der Waals surface area contributed by atoms with Crippen LogP contribution < -0.4 is 4.74 Å². The van der Waals surface area contributed by atoms with Crippen LogP contribution in [0.25, 0.3) is 33.3 Å². The summed E-state index contributed by atoms with van der Waals surface area (Å²) in [5, 5.41) is 15.1. The molecule has 0 radical (unpaired) electrons. The number of carbonyl (C=O) groups is 1. The molecule has 2 heterocycles. The third kappa shape index (κ3) is 7.51. The van der Waals surface area contributed by atoms with Crippen molar-refractivity contribution >= 4 is 40.1 Å². The smallest absolute Gasteiger partial charge is 0.337 e. The first-order chi connectivity index (χ1) is 19.6. The predicted octanol–water partition coefficient (Wildman–Crippen LogP) is 10.4. The molecule has 0 aliphatic rings. The Morgan fingerprint density at radius 3 is 2.29 bits per heavy atom. The van der Waals surface area contributed by atoms with E-state index >= 15 is 0 Å². The van der Waals surface area contributed by atoms with Crippen molar-refractivity contribution < 1.29 is 19.2 Å². The molecule has 5 aromatic rings. The summed E-state index contributed by atoms with van der Waals surface area (Å²) < 4.78 is 11.5. The van der Waals surface area contributed by atoms with E-state index in [4.69, 9.17) is 32.5 Å². The molecule has 3 aromatic carbocycles. The van der Waals surface area contributed by atoms with Gasteiger partial charge in [0, 0.05) is 22.7 Å². The number of carboxylic acids is 1. The molecule has 0 amide bonds. The summed E-state index contributed by atoms with van der Waals surface area (Å²) in [5.74, 6) is 1.20. The SMILES string of the molecule is CC.CC(C)C.Cc1cc(OCc2c(-c3c(Cl)cccc3Cl)noc2C)ccc1-c1ccc2c(C(=O)O)c[nH]c2c1. The Morgan fingerprint density at radius 2 is 1.68 bits per heavy atom. The Hall–Kier alpha value is -3.74. The highest BCUT2D eigenvalue weighted by Gasteiger charge is 2.20. The van der Waals surface area contributed by atoms with Gasteiger partial charge in [-0.25, -0.2) is 4.79 Å². The highest BCUT2D eigenvalue weighted by molar-refractivity contribution is 6.39. The Balaban J connectivity index is 0.000000710. The number of nitrogens with zero attached hydrogens (tertiary/aromatic N) is 1. The predicted molar refractivity (Wildman–Crippen MR) is 168 cm³/mol. The van der Waals surface area contributed by atoms with Crippen molar-refractivity contribution in [2.24, 2.45) is 5.92 Å². The minimum absolute atomic E-state index is 0.234. The van der Waals surface area contributed by atoms with Crippen molar-refractivity contribution in [1.82, 2.24) is 10.1 Å². The van der Waals surface area contributed by atoms with Gasteiger partial charge >= 0.3 is 5.97 Å². The number of ether oxygens (including phenoxy) is 1. The second-order valence-electron chi connectivity index (χ2n) is 9.93. The first-order valence-electron chi connectivity index (χ1n) is 13.5. The molecule has 0 bridgehead atoms. The number of rotatable bonds is 6. The van der Waals surface area contributed by atoms with Crippen LogP contribution in [0.1, 0.15) is 61.9 Å². The van der Waals surface area contributed by atoms with Gasteiger partial charge in [-0.2, -0.15) is 0 Å². The van der Waals surface area contributed by atoms with Gasteiger partial charge in [0.15, 0.2) is 0 Å². The number of carboxylic acid groups (broad SMARTS) is 1. The van der Waals surface area contributed by atoms with Crippen molar-refractivity contribution in [3.05, 3.63) is 93.3 Å². The van der Waals surface area contributed by atoms with Crippen LogP contribution in [0, 0.1) is 19.8 Å². The lowest BCUT2D eigenvalue weighted by Crippen LogP contribution is -1.99. The van der Waals surface area contributed by atoms with Gasteiger partial charge in [0.25, 0.3) is 0 Å². The van der Waals surface area contributed by atoms with Gasteiger partial charge in [0.2, 0.25) is 0 Å². The van der Waals surface area contributed by atoms with Crippen molar-refractivity contribution in [3.8, 4) is 28.1 Å². The summed E-state index contributed by atoms with van der Waals surface area (Å²) in [5.41, 5.74) is 5.99.